The van der Waals surface area contributed by atoms with Crippen LogP contribution in [-0.4, -0.2) is 46.9 Å². The smallest absolute Gasteiger partial charge is 0.325 e. The second-order valence-corrected chi connectivity index (χ2v) is 6.65. The summed E-state index contributed by atoms with van der Waals surface area (Å²) in [4.78, 5) is 48.4. The first-order valence-electron chi connectivity index (χ1n) is 8.63. The number of urea groups is 1. The van der Waals surface area contributed by atoms with Gasteiger partial charge in [0, 0.05) is 6.07 Å². The number of nitrogens with zero attached hydrogens (tertiary/aromatic N) is 2. The monoisotopic (exact) mass is 376 g/mol. The van der Waals surface area contributed by atoms with Crippen molar-refractivity contribution in [1.29, 1.82) is 0 Å². The van der Waals surface area contributed by atoms with Crippen molar-refractivity contribution in [3.63, 3.8) is 0 Å². The Hall–Kier alpha value is -3.17. The maximum atomic E-state index is 12.7. The standard InChI is InChI=1S/C17H20N4O6/c1-27-13-9-11(21(25)26)5-6-12(13)18-14(22)10-20-15(23)17(19-16(20)24)7-3-2-4-8-17/h5-6,9H,2-4,7-8,10H2,1H3,(H,18,22)(H,19,24). The number of ether oxygens (including phenoxy) is 1. The molecule has 0 radical (unpaired) electrons. The molecule has 0 atom stereocenters. The van der Waals surface area contributed by atoms with Crippen LogP contribution < -0.4 is 15.4 Å². The summed E-state index contributed by atoms with van der Waals surface area (Å²) in [5, 5.41) is 16.1. The van der Waals surface area contributed by atoms with Crippen LogP contribution in [0.4, 0.5) is 16.2 Å². The quantitative estimate of drug-likeness (QED) is 0.458. The van der Waals surface area contributed by atoms with Gasteiger partial charge < -0.3 is 15.4 Å². The van der Waals surface area contributed by atoms with Crippen LogP contribution in [0.1, 0.15) is 32.1 Å². The number of anilines is 1. The number of hydrogen-bond acceptors (Lipinski definition) is 6. The number of nitrogens with one attached hydrogen (secondary N) is 2. The van der Waals surface area contributed by atoms with E-state index in [0.29, 0.717) is 12.8 Å². The molecule has 1 heterocycles. The van der Waals surface area contributed by atoms with Gasteiger partial charge in [0.25, 0.3) is 11.6 Å². The number of benzene rings is 1. The minimum atomic E-state index is -0.888. The van der Waals surface area contributed by atoms with E-state index in [9.17, 15) is 24.5 Å². The lowest BCUT2D eigenvalue weighted by Gasteiger charge is -2.30. The van der Waals surface area contributed by atoms with Crippen molar-refractivity contribution in [2.45, 2.75) is 37.6 Å². The fourth-order valence-electron chi connectivity index (χ4n) is 3.54. The summed E-state index contributed by atoms with van der Waals surface area (Å²) in [5.74, 6) is -0.866. The molecule has 0 bridgehead atoms. The molecule has 1 spiro atoms. The molecule has 2 N–H and O–H groups in total. The molecule has 2 fully saturated rings. The lowest BCUT2D eigenvalue weighted by atomic mass is 9.82. The normalized spacial score (nSPS) is 18.3. The van der Waals surface area contributed by atoms with Crippen LogP contribution in [0.25, 0.3) is 0 Å². The number of rotatable bonds is 5. The van der Waals surface area contributed by atoms with Gasteiger partial charge in [-0.1, -0.05) is 19.3 Å². The van der Waals surface area contributed by atoms with Gasteiger partial charge in [0.15, 0.2) is 0 Å². The molecule has 27 heavy (non-hydrogen) atoms. The van der Waals surface area contributed by atoms with Gasteiger partial charge >= 0.3 is 6.03 Å². The largest absolute Gasteiger partial charge is 0.494 e. The molecule has 1 aromatic rings. The Morgan fingerprint density at radius 3 is 2.67 bits per heavy atom. The van der Waals surface area contributed by atoms with Gasteiger partial charge in [0.2, 0.25) is 5.91 Å². The van der Waals surface area contributed by atoms with Crippen molar-refractivity contribution in [1.82, 2.24) is 10.2 Å². The van der Waals surface area contributed by atoms with E-state index in [2.05, 4.69) is 10.6 Å². The fourth-order valence-corrected chi connectivity index (χ4v) is 3.54. The third kappa shape index (κ3) is 3.55. The van der Waals surface area contributed by atoms with Crippen molar-refractivity contribution in [3.8, 4) is 5.75 Å². The highest BCUT2D eigenvalue weighted by Gasteiger charge is 2.51. The van der Waals surface area contributed by atoms with Crippen LogP contribution in [0.15, 0.2) is 18.2 Å². The van der Waals surface area contributed by atoms with E-state index in [4.69, 9.17) is 4.74 Å². The third-order valence-electron chi connectivity index (χ3n) is 4.92. The lowest BCUT2D eigenvalue weighted by Crippen LogP contribution is -2.48. The van der Waals surface area contributed by atoms with E-state index in [0.717, 1.165) is 24.2 Å². The number of nitro benzene ring substituents is 1. The topological polar surface area (TPSA) is 131 Å². The Labute approximate surface area is 155 Å². The number of imide groups is 1. The van der Waals surface area contributed by atoms with Gasteiger partial charge in [-0.25, -0.2) is 4.79 Å². The van der Waals surface area contributed by atoms with Crippen molar-refractivity contribution in [3.05, 3.63) is 28.3 Å². The zero-order valence-corrected chi connectivity index (χ0v) is 14.8. The summed E-state index contributed by atoms with van der Waals surface area (Å²) < 4.78 is 5.06. The Balaban J connectivity index is 1.70. The molecule has 0 aromatic heterocycles. The van der Waals surface area contributed by atoms with E-state index >= 15 is 0 Å². The average molecular weight is 376 g/mol. The van der Waals surface area contributed by atoms with Gasteiger partial charge in [-0.3, -0.25) is 24.6 Å². The van der Waals surface area contributed by atoms with Gasteiger partial charge in [-0.2, -0.15) is 0 Å². The first-order valence-corrected chi connectivity index (χ1v) is 8.63. The van der Waals surface area contributed by atoms with Crippen LogP contribution in [0.3, 0.4) is 0 Å². The van der Waals surface area contributed by atoms with Crippen LogP contribution >= 0.6 is 0 Å². The fraction of sp³-hybridized carbons (Fsp3) is 0.471. The molecular weight excluding hydrogens is 356 g/mol. The number of methoxy groups -OCH3 is 1. The molecule has 10 nitrogen and oxygen atoms in total. The summed E-state index contributed by atoms with van der Waals surface area (Å²) in [6.45, 7) is -0.438. The SMILES string of the molecule is COc1cc([N+](=O)[O-])ccc1NC(=O)CN1C(=O)NC2(CCCCC2)C1=O. The van der Waals surface area contributed by atoms with Crippen LogP contribution in [0.5, 0.6) is 5.75 Å². The first-order chi connectivity index (χ1) is 12.9. The Kier molecular flexibility index (Phi) is 4.98. The van der Waals surface area contributed by atoms with Gasteiger partial charge in [-0.05, 0) is 18.9 Å². The number of nitro groups is 1. The van der Waals surface area contributed by atoms with E-state index in [-0.39, 0.29) is 23.0 Å². The molecule has 2 aliphatic rings. The van der Waals surface area contributed by atoms with Crippen molar-refractivity contribution < 1.29 is 24.0 Å². The number of non-ortho nitro benzene ring substituents is 1. The first kappa shape index (κ1) is 18.6. The molecule has 1 aliphatic carbocycles. The second kappa shape index (κ2) is 7.22. The molecule has 1 aromatic carbocycles. The highest BCUT2D eigenvalue weighted by Crippen LogP contribution is 2.34. The molecule has 10 heteroatoms. The predicted molar refractivity (Wildman–Crippen MR) is 94.3 cm³/mol. The van der Waals surface area contributed by atoms with Gasteiger partial charge in [0.1, 0.15) is 17.8 Å². The summed E-state index contributed by atoms with van der Waals surface area (Å²) in [5.41, 5.74) is -0.855. The minimum Gasteiger partial charge on any atom is -0.494 e. The average Bonchev–Trinajstić information content (AvgIpc) is 2.86. The zero-order chi connectivity index (χ0) is 19.6. The number of amides is 4. The predicted octanol–water partition coefficient (Wildman–Crippen LogP) is 1.80. The van der Waals surface area contributed by atoms with Crippen LogP contribution in [-0.2, 0) is 9.59 Å². The number of carbonyl (C=O) groups is 3. The van der Waals surface area contributed by atoms with Crippen LogP contribution in [0, 0.1) is 10.1 Å². The molecule has 1 aliphatic heterocycles. The summed E-state index contributed by atoms with van der Waals surface area (Å²) in [7, 11) is 1.32. The van der Waals surface area contributed by atoms with E-state index < -0.39 is 28.9 Å². The Morgan fingerprint density at radius 2 is 2.04 bits per heavy atom. The van der Waals surface area contributed by atoms with Gasteiger partial charge in [0.05, 0.1) is 23.8 Å². The van der Waals surface area contributed by atoms with E-state index in [1.807, 2.05) is 0 Å². The van der Waals surface area contributed by atoms with E-state index in [1.54, 1.807) is 0 Å². The van der Waals surface area contributed by atoms with Crippen molar-refractivity contribution in [2.24, 2.45) is 0 Å². The third-order valence-corrected chi connectivity index (χ3v) is 4.92. The molecule has 4 amide bonds. The Morgan fingerprint density at radius 1 is 1.33 bits per heavy atom. The maximum Gasteiger partial charge on any atom is 0.325 e. The Bertz CT molecular complexity index is 803. The van der Waals surface area contributed by atoms with Crippen molar-refractivity contribution >= 4 is 29.2 Å². The number of hydrogen-bond donors (Lipinski definition) is 2. The molecular formula is C17H20N4O6. The highest BCUT2D eigenvalue weighted by molar-refractivity contribution is 6.10. The second-order valence-electron chi connectivity index (χ2n) is 6.65. The number of carbonyl (C=O) groups excluding carboxylic acids is 3. The van der Waals surface area contributed by atoms with Crippen molar-refractivity contribution in [2.75, 3.05) is 19.0 Å². The van der Waals surface area contributed by atoms with Crippen LogP contribution in [0.2, 0.25) is 0 Å². The minimum absolute atomic E-state index is 0.110. The highest BCUT2D eigenvalue weighted by atomic mass is 16.6. The zero-order valence-electron chi connectivity index (χ0n) is 14.8. The summed E-state index contributed by atoms with van der Waals surface area (Å²) in [6.07, 6.45) is 3.88. The molecule has 144 valence electrons. The van der Waals surface area contributed by atoms with Gasteiger partial charge in [-0.15, -0.1) is 0 Å². The molecule has 0 unspecified atom stereocenters. The molecule has 1 saturated carbocycles. The summed E-state index contributed by atoms with van der Waals surface area (Å²) >= 11 is 0. The molecule has 1 saturated heterocycles. The maximum absolute atomic E-state index is 12.7. The van der Waals surface area contributed by atoms with E-state index in [1.165, 1.54) is 25.3 Å². The lowest BCUT2D eigenvalue weighted by molar-refractivity contribution is -0.384. The summed E-state index contributed by atoms with van der Waals surface area (Å²) in [6, 6.07) is 3.17. The molecule has 3 rings (SSSR count).